The number of nitrogens with zero attached hydrogens (tertiary/aromatic N) is 2. The van der Waals surface area contributed by atoms with Crippen LogP contribution in [0.1, 0.15) is 31.1 Å². The summed E-state index contributed by atoms with van der Waals surface area (Å²) in [6.45, 7) is 5.64. The minimum Gasteiger partial charge on any atom is -0.287 e. The van der Waals surface area contributed by atoms with Gasteiger partial charge in [0.25, 0.3) is 5.82 Å². The number of fused-ring (bicyclic) bond motifs is 1. The third-order valence-electron chi connectivity index (χ3n) is 4.42. The largest absolute Gasteiger partial charge is 0.320 e. The molecule has 2 aromatic carbocycles. The van der Waals surface area contributed by atoms with Gasteiger partial charge in [-0.15, -0.1) is 0 Å². The highest BCUT2D eigenvalue weighted by Gasteiger charge is 2.32. The van der Waals surface area contributed by atoms with Crippen LogP contribution in [-0.2, 0) is 6.42 Å². The van der Waals surface area contributed by atoms with E-state index in [1.165, 1.54) is 0 Å². The second-order valence-corrected chi connectivity index (χ2v) is 7.38. The third-order valence-corrected chi connectivity index (χ3v) is 4.42. The van der Waals surface area contributed by atoms with Gasteiger partial charge in [-0.2, -0.15) is 9.83 Å². The Labute approximate surface area is 153 Å². The first-order valence-electron chi connectivity index (χ1n) is 8.58. The highest BCUT2D eigenvalue weighted by Crippen LogP contribution is 2.30. The molecule has 0 amide bonds. The summed E-state index contributed by atoms with van der Waals surface area (Å²) in [5.74, 6) is 0.350. The first kappa shape index (κ1) is 17.6. The van der Waals surface area contributed by atoms with E-state index in [0.717, 1.165) is 27.6 Å². The number of nitriles is 1. The van der Waals surface area contributed by atoms with Crippen molar-refractivity contribution in [2.75, 3.05) is 5.73 Å². The second kappa shape index (κ2) is 6.61. The van der Waals surface area contributed by atoms with Gasteiger partial charge in [0.15, 0.2) is 0 Å². The van der Waals surface area contributed by atoms with Crippen molar-refractivity contribution in [1.29, 1.82) is 5.26 Å². The van der Waals surface area contributed by atoms with Crippen LogP contribution in [-0.4, -0.2) is 5.91 Å². The highest BCUT2D eigenvalue weighted by atomic mass is 16.2. The number of anilines is 1. The average molecular weight is 344 g/mol. The molecule has 0 saturated heterocycles. The van der Waals surface area contributed by atoms with Gasteiger partial charge in [0.05, 0.1) is 17.9 Å². The van der Waals surface area contributed by atoms with Crippen molar-refractivity contribution < 1.29 is 9.36 Å². The molecule has 4 nitrogen and oxygen atoms in total. The molecule has 0 bridgehead atoms. The Balaban J connectivity index is 2.33. The summed E-state index contributed by atoms with van der Waals surface area (Å²) in [4.78, 5) is 13.0. The fraction of sp³-hybridized carbons (Fsp3) is 0.227. The number of hydrogen-bond donors (Lipinski definition) is 1. The molecule has 0 saturated carbocycles. The Morgan fingerprint density at radius 2 is 1.73 bits per heavy atom. The molecule has 4 heteroatoms. The van der Waals surface area contributed by atoms with Crippen LogP contribution in [0.2, 0.25) is 0 Å². The van der Waals surface area contributed by atoms with E-state index in [1.807, 2.05) is 69.3 Å². The van der Waals surface area contributed by atoms with Crippen molar-refractivity contribution in [2.24, 2.45) is 5.41 Å². The summed E-state index contributed by atoms with van der Waals surface area (Å²) >= 11 is 0. The molecule has 1 heterocycles. The van der Waals surface area contributed by atoms with E-state index in [2.05, 4.69) is 6.07 Å². The fourth-order valence-corrected chi connectivity index (χ4v) is 3.12. The zero-order valence-corrected chi connectivity index (χ0v) is 15.3. The molecule has 3 aromatic rings. The minimum atomic E-state index is -0.564. The monoisotopic (exact) mass is 344 g/mol. The van der Waals surface area contributed by atoms with Gasteiger partial charge >= 0.3 is 5.91 Å². The zero-order chi connectivity index (χ0) is 18.9. The van der Waals surface area contributed by atoms with Gasteiger partial charge < -0.3 is 0 Å². The number of carbonyl (C=O) groups is 1. The Morgan fingerprint density at radius 1 is 1.04 bits per heavy atom. The molecule has 1 aromatic heterocycles. The quantitative estimate of drug-likeness (QED) is 0.711. The van der Waals surface area contributed by atoms with E-state index < -0.39 is 5.41 Å². The van der Waals surface area contributed by atoms with Gasteiger partial charge in [-0.1, -0.05) is 30.3 Å². The Bertz CT molecular complexity index is 1040. The molecule has 0 radical (unpaired) electrons. The lowest BCUT2D eigenvalue weighted by Crippen LogP contribution is -2.52. The second-order valence-electron chi connectivity index (χ2n) is 7.38. The summed E-state index contributed by atoms with van der Waals surface area (Å²) in [6, 6.07) is 19.6. The predicted octanol–water partition coefficient (Wildman–Crippen LogP) is 4.13. The number of nitrogens with two attached hydrogens (primary N) is 1. The third kappa shape index (κ3) is 3.04. The molecule has 3 rings (SSSR count). The van der Waals surface area contributed by atoms with Crippen LogP contribution >= 0.6 is 0 Å². The van der Waals surface area contributed by atoms with E-state index in [-0.39, 0.29) is 5.91 Å². The number of benzene rings is 2. The van der Waals surface area contributed by atoms with Crippen LogP contribution in [0.15, 0.2) is 54.6 Å². The van der Waals surface area contributed by atoms with Crippen LogP contribution < -0.4 is 10.3 Å². The van der Waals surface area contributed by atoms with Crippen molar-refractivity contribution in [3.8, 4) is 17.3 Å². The van der Waals surface area contributed by atoms with Crippen molar-refractivity contribution in [2.45, 2.75) is 27.2 Å². The number of carbonyl (C=O) groups excluding carboxylic acids is 1. The van der Waals surface area contributed by atoms with Gasteiger partial charge in [-0.25, -0.2) is 4.79 Å². The molecule has 2 N–H and O–H groups in total. The van der Waals surface area contributed by atoms with Gasteiger partial charge in [0, 0.05) is 11.6 Å². The molecule has 0 atom stereocenters. The van der Waals surface area contributed by atoms with E-state index >= 15 is 0 Å². The lowest BCUT2D eigenvalue weighted by Gasteiger charge is -2.18. The average Bonchev–Trinajstić information content (AvgIpc) is 2.61. The van der Waals surface area contributed by atoms with Crippen LogP contribution in [0, 0.1) is 16.7 Å². The van der Waals surface area contributed by atoms with Crippen LogP contribution in [0.25, 0.3) is 22.0 Å². The van der Waals surface area contributed by atoms with Crippen LogP contribution in [0.3, 0.4) is 0 Å². The van der Waals surface area contributed by atoms with Crippen LogP contribution in [0.4, 0.5) is 5.82 Å². The Hall–Kier alpha value is -3.19. The summed E-state index contributed by atoms with van der Waals surface area (Å²) < 4.78 is 1.59. The Morgan fingerprint density at radius 3 is 2.38 bits per heavy atom. The molecule has 0 aliphatic carbocycles. The fourth-order valence-electron chi connectivity index (χ4n) is 3.12. The molecule has 26 heavy (non-hydrogen) atoms. The normalized spacial score (nSPS) is 11.3. The Kier molecular flexibility index (Phi) is 4.48. The minimum absolute atomic E-state index is 0.0595. The molecule has 0 unspecified atom stereocenters. The lowest BCUT2D eigenvalue weighted by molar-refractivity contribution is -0.552. The van der Waals surface area contributed by atoms with Crippen molar-refractivity contribution in [3.63, 3.8) is 0 Å². The maximum Gasteiger partial charge on any atom is 0.320 e. The molecule has 130 valence electrons. The summed E-state index contributed by atoms with van der Waals surface area (Å²) in [5.41, 5.74) is 8.27. The van der Waals surface area contributed by atoms with Gasteiger partial charge in [-0.05, 0) is 55.3 Å². The smallest absolute Gasteiger partial charge is 0.287 e. The van der Waals surface area contributed by atoms with Gasteiger partial charge in [0.1, 0.15) is 5.69 Å². The number of pyridine rings is 1. The predicted molar refractivity (Wildman–Crippen MR) is 103 cm³/mol. The number of hydrogen-bond acceptors (Lipinski definition) is 3. The van der Waals surface area contributed by atoms with E-state index in [1.54, 1.807) is 10.6 Å². The van der Waals surface area contributed by atoms with Crippen LogP contribution in [0.5, 0.6) is 0 Å². The van der Waals surface area contributed by atoms with Crippen molar-refractivity contribution in [3.05, 3.63) is 60.2 Å². The summed E-state index contributed by atoms with van der Waals surface area (Å²) in [7, 11) is 0. The van der Waals surface area contributed by atoms with E-state index in [9.17, 15) is 4.79 Å². The number of rotatable bonds is 2. The molecule has 0 spiro atoms. The molecular weight excluding hydrogens is 322 g/mol. The molecule has 0 aliphatic heterocycles. The van der Waals surface area contributed by atoms with Gasteiger partial charge in [-0.3, -0.25) is 5.73 Å². The van der Waals surface area contributed by atoms with Crippen molar-refractivity contribution >= 4 is 22.5 Å². The SMILES string of the molecule is CC(C)(C)C(=O)[n+]1c(N)cccc1-c1ccc(CC#N)c2ccccc12. The summed E-state index contributed by atoms with van der Waals surface area (Å²) in [5, 5.41) is 11.1. The maximum absolute atomic E-state index is 13.0. The number of aromatic nitrogens is 1. The molecule has 0 fully saturated rings. The molecular formula is C22H22N3O+. The standard InChI is InChI=1S/C22H21N3O/c1-22(2,3)21(26)25-19(9-6-10-20(25)24)18-12-11-15(13-14-23)16-7-4-5-8-17(16)18/h4-12,24H,13H2,1-3H3/p+1. The van der Waals surface area contributed by atoms with Crippen molar-refractivity contribution in [1.82, 2.24) is 0 Å². The topological polar surface area (TPSA) is 70.8 Å². The summed E-state index contributed by atoms with van der Waals surface area (Å²) in [6.07, 6.45) is 0.346. The number of nitrogen functional groups attached to an aromatic ring is 1. The maximum atomic E-state index is 13.0. The highest BCUT2D eigenvalue weighted by molar-refractivity contribution is 5.98. The van der Waals surface area contributed by atoms with E-state index in [4.69, 9.17) is 11.0 Å². The van der Waals surface area contributed by atoms with E-state index in [0.29, 0.717) is 12.2 Å². The first-order valence-corrected chi connectivity index (χ1v) is 8.58. The molecule has 0 aliphatic rings. The zero-order valence-electron chi connectivity index (χ0n) is 15.3. The van der Waals surface area contributed by atoms with Gasteiger partial charge in [0.2, 0.25) is 0 Å². The lowest BCUT2D eigenvalue weighted by atomic mass is 9.93. The first-order chi connectivity index (χ1) is 12.3.